The summed E-state index contributed by atoms with van der Waals surface area (Å²) < 4.78 is 34.9. The Bertz CT molecular complexity index is 1410. The molecule has 0 bridgehead atoms. The van der Waals surface area contributed by atoms with E-state index in [-0.39, 0.29) is 30.7 Å². The van der Waals surface area contributed by atoms with Crippen molar-refractivity contribution in [3.8, 4) is 0 Å². The van der Waals surface area contributed by atoms with Gasteiger partial charge in [0.2, 0.25) is 0 Å². The fourth-order valence-corrected chi connectivity index (χ4v) is 7.20. The van der Waals surface area contributed by atoms with Crippen LogP contribution in [0.3, 0.4) is 0 Å². The lowest BCUT2D eigenvalue weighted by molar-refractivity contribution is -0.160. The smallest absolute Gasteiger partial charge is 0.339 e. The molecule has 0 radical (unpaired) electrons. The predicted octanol–water partition coefficient (Wildman–Crippen LogP) is 7.06. The van der Waals surface area contributed by atoms with Gasteiger partial charge in [0.05, 0.1) is 45.2 Å². The topological polar surface area (TPSA) is 113 Å². The number of rotatable bonds is 19. The van der Waals surface area contributed by atoms with E-state index in [1.165, 1.54) is 0 Å². The fraction of sp³-hybridized carbons (Fsp3) is 0.619. The van der Waals surface area contributed by atoms with Gasteiger partial charge in [-0.2, -0.15) is 0 Å². The van der Waals surface area contributed by atoms with Gasteiger partial charge in [-0.15, -0.1) is 0 Å². The molecular weight excluding hydrogens is 662 g/mol. The fourth-order valence-electron chi connectivity index (χ4n) is 7.20. The molecule has 1 aliphatic carbocycles. The first-order chi connectivity index (χ1) is 24.9. The van der Waals surface area contributed by atoms with Crippen LogP contribution in [-0.2, 0) is 44.6 Å². The molecule has 2 aromatic carbocycles. The number of piperidine rings is 1. The van der Waals surface area contributed by atoms with Crippen LogP contribution >= 0.6 is 0 Å². The summed E-state index contributed by atoms with van der Waals surface area (Å²) in [6.07, 6.45) is 5.82. The standard InChI is InChI=1S/C42H61NO9/c1-30-26-31(2)38(32(3)27-30)39(41(45)46)40(50-28-33-10-8-7-9-11-33)34-12-14-35(15-13-34)51-36-16-18-43(19-17-36)20-21-47-22-23-48-24-25-49-29-37(44)52-42(4,5)6/h7-11,26-27,34-36H,12-25,28-29H2,1-6H3,(H,45,46)/b40-39+. The number of hydrogen-bond acceptors (Lipinski definition) is 9. The van der Waals surface area contributed by atoms with E-state index in [0.29, 0.717) is 51.0 Å². The van der Waals surface area contributed by atoms with Crippen LogP contribution in [0.1, 0.15) is 87.1 Å². The molecule has 0 unspecified atom stereocenters. The Morgan fingerprint density at radius 2 is 1.37 bits per heavy atom. The third-order valence-corrected chi connectivity index (χ3v) is 9.52. The molecule has 0 spiro atoms. The van der Waals surface area contributed by atoms with E-state index in [0.717, 1.165) is 86.0 Å². The van der Waals surface area contributed by atoms with Gasteiger partial charge in [-0.25, -0.2) is 9.59 Å². The molecule has 288 valence electrons. The quantitative estimate of drug-likeness (QED) is 0.0700. The molecule has 0 atom stereocenters. The lowest BCUT2D eigenvalue weighted by atomic mass is 9.82. The van der Waals surface area contributed by atoms with Crippen molar-refractivity contribution in [2.45, 2.75) is 104 Å². The van der Waals surface area contributed by atoms with Gasteiger partial charge in [-0.3, -0.25) is 0 Å². The van der Waals surface area contributed by atoms with Gasteiger partial charge in [0.1, 0.15) is 30.1 Å². The summed E-state index contributed by atoms with van der Waals surface area (Å²) in [4.78, 5) is 27.0. The highest BCUT2D eigenvalue weighted by atomic mass is 16.6. The molecule has 1 saturated carbocycles. The Hall–Kier alpha value is -3.28. The number of carboxylic acids is 1. The SMILES string of the molecule is Cc1cc(C)c(/C(C(=O)O)=C(\OCc2ccccc2)C2CCC(OC3CCN(CCOCCOCCOCC(=O)OC(C)(C)C)CC3)CC2)c(C)c1. The van der Waals surface area contributed by atoms with Crippen molar-refractivity contribution in [1.82, 2.24) is 4.90 Å². The first-order valence-corrected chi connectivity index (χ1v) is 18.9. The number of hydrogen-bond donors (Lipinski definition) is 1. The highest BCUT2D eigenvalue weighted by Gasteiger charge is 2.33. The van der Waals surface area contributed by atoms with E-state index < -0.39 is 11.6 Å². The normalized spacial score (nSPS) is 19.3. The molecule has 10 heteroatoms. The maximum Gasteiger partial charge on any atom is 0.339 e. The minimum atomic E-state index is -0.944. The van der Waals surface area contributed by atoms with Gasteiger partial charge in [-0.05, 0) is 102 Å². The minimum Gasteiger partial charge on any atom is -0.492 e. The van der Waals surface area contributed by atoms with Gasteiger partial charge in [0, 0.05) is 25.6 Å². The largest absolute Gasteiger partial charge is 0.492 e. The summed E-state index contributed by atoms with van der Waals surface area (Å²) in [5.74, 6) is -0.713. The number of aliphatic carboxylic acids is 1. The number of allylic oxidation sites excluding steroid dienone is 1. The van der Waals surface area contributed by atoms with Gasteiger partial charge >= 0.3 is 11.9 Å². The third kappa shape index (κ3) is 13.9. The van der Waals surface area contributed by atoms with E-state index in [4.69, 9.17) is 28.4 Å². The Balaban J connectivity index is 1.17. The van der Waals surface area contributed by atoms with Crippen LogP contribution in [0.5, 0.6) is 0 Å². The van der Waals surface area contributed by atoms with Crippen LogP contribution in [0.2, 0.25) is 0 Å². The van der Waals surface area contributed by atoms with Crippen molar-refractivity contribution in [3.63, 3.8) is 0 Å². The number of likely N-dealkylation sites (tertiary alicyclic amines) is 1. The predicted molar refractivity (Wildman–Crippen MR) is 201 cm³/mol. The molecule has 10 nitrogen and oxygen atoms in total. The second-order valence-corrected chi connectivity index (χ2v) is 15.1. The van der Waals surface area contributed by atoms with Crippen molar-refractivity contribution in [2.24, 2.45) is 5.92 Å². The summed E-state index contributed by atoms with van der Waals surface area (Å²) in [7, 11) is 0. The van der Waals surface area contributed by atoms with E-state index in [9.17, 15) is 14.7 Å². The Labute approximate surface area is 310 Å². The van der Waals surface area contributed by atoms with E-state index in [1.54, 1.807) is 0 Å². The number of carbonyl (C=O) groups excluding carboxylic acids is 1. The zero-order chi connectivity index (χ0) is 37.5. The highest BCUT2D eigenvalue weighted by Crippen LogP contribution is 2.39. The second-order valence-electron chi connectivity index (χ2n) is 15.1. The van der Waals surface area contributed by atoms with Crippen LogP contribution in [-0.4, -0.2) is 99.0 Å². The molecule has 0 aromatic heterocycles. The maximum atomic E-state index is 12.9. The zero-order valence-electron chi connectivity index (χ0n) is 32.2. The molecule has 0 amide bonds. The Morgan fingerprint density at radius 1 is 0.788 bits per heavy atom. The van der Waals surface area contributed by atoms with Crippen LogP contribution in [0.15, 0.2) is 48.2 Å². The van der Waals surface area contributed by atoms with Gasteiger partial charge in [0.25, 0.3) is 0 Å². The molecule has 1 aliphatic heterocycles. The molecular formula is C42H61NO9. The number of aryl methyl sites for hydroxylation is 3. The Morgan fingerprint density at radius 3 is 1.96 bits per heavy atom. The average molecular weight is 724 g/mol. The maximum absolute atomic E-state index is 12.9. The summed E-state index contributed by atoms with van der Waals surface area (Å²) in [5.41, 5.74) is 4.59. The van der Waals surface area contributed by atoms with E-state index in [1.807, 2.05) is 71.9 Å². The van der Waals surface area contributed by atoms with Crippen molar-refractivity contribution in [2.75, 3.05) is 59.3 Å². The Kier molecular flexibility index (Phi) is 16.6. The van der Waals surface area contributed by atoms with Gasteiger partial charge in [0.15, 0.2) is 0 Å². The number of carboxylic acid groups (broad SMARTS) is 1. The number of ether oxygens (including phenoxy) is 6. The number of carbonyl (C=O) groups is 2. The van der Waals surface area contributed by atoms with Crippen molar-refractivity contribution < 1.29 is 43.1 Å². The van der Waals surface area contributed by atoms with Crippen LogP contribution in [0, 0.1) is 26.7 Å². The van der Waals surface area contributed by atoms with Crippen LogP contribution < -0.4 is 0 Å². The second kappa shape index (κ2) is 20.8. The van der Waals surface area contributed by atoms with Gasteiger partial charge < -0.3 is 38.4 Å². The summed E-state index contributed by atoms with van der Waals surface area (Å²) in [6, 6.07) is 14.1. The molecule has 52 heavy (non-hydrogen) atoms. The number of esters is 1. The van der Waals surface area contributed by atoms with Crippen LogP contribution in [0.4, 0.5) is 0 Å². The first kappa shape index (κ1) is 41.5. The third-order valence-electron chi connectivity index (χ3n) is 9.52. The van der Waals surface area contributed by atoms with Crippen LogP contribution in [0.25, 0.3) is 5.57 Å². The zero-order valence-corrected chi connectivity index (χ0v) is 32.2. The molecule has 2 aromatic rings. The summed E-state index contributed by atoms with van der Waals surface area (Å²) in [6.45, 7) is 17.0. The molecule has 1 saturated heterocycles. The molecule has 1 N–H and O–H groups in total. The lowest BCUT2D eigenvalue weighted by Gasteiger charge is -2.36. The minimum absolute atomic E-state index is 0.0134. The monoisotopic (exact) mass is 723 g/mol. The lowest BCUT2D eigenvalue weighted by Crippen LogP contribution is -2.40. The van der Waals surface area contributed by atoms with Crippen molar-refractivity contribution >= 4 is 17.5 Å². The first-order valence-electron chi connectivity index (χ1n) is 18.9. The van der Waals surface area contributed by atoms with Gasteiger partial charge in [-0.1, -0.05) is 48.0 Å². The van der Waals surface area contributed by atoms with Crippen molar-refractivity contribution in [3.05, 3.63) is 76.0 Å². The van der Waals surface area contributed by atoms with E-state index >= 15 is 0 Å². The van der Waals surface area contributed by atoms with E-state index in [2.05, 4.69) is 17.0 Å². The molecule has 2 fully saturated rings. The average Bonchev–Trinajstić information content (AvgIpc) is 3.09. The molecule has 2 aliphatic rings. The highest BCUT2D eigenvalue weighted by molar-refractivity contribution is 6.17. The van der Waals surface area contributed by atoms with Crippen molar-refractivity contribution in [1.29, 1.82) is 0 Å². The molecule has 4 rings (SSSR count). The number of benzene rings is 2. The summed E-state index contributed by atoms with van der Waals surface area (Å²) >= 11 is 0. The summed E-state index contributed by atoms with van der Waals surface area (Å²) in [5, 5.41) is 10.6. The molecule has 1 heterocycles. The number of nitrogens with zero attached hydrogens (tertiary/aromatic N) is 1.